The molecule has 0 saturated heterocycles. The zero-order valence-corrected chi connectivity index (χ0v) is 11.9. The molecule has 0 fully saturated rings. The summed E-state index contributed by atoms with van der Waals surface area (Å²) in [5.41, 5.74) is 0.306. The number of allylic oxidation sites excluding steroid dienone is 4. The number of carbonyl (C=O) groups is 2. The summed E-state index contributed by atoms with van der Waals surface area (Å²) < 4.78 is 0.898. The van der Waals surface area contributed by atoms with Gasteiger partial charge in [-0.2, -0.15) is 0 Å². The number of halogens is 1. The van der Waals surface area contributed by atoms with Crippen molar-refractivity contribution >= 4 is 34.5 Å². The summed E-state index contributed by atoms with van der Waals surface area (Å²) in [6, 6.07) is 0. The minimum atomic E-state index is -0.903. The molecule has 0 aliphatic heterocycles. The van der Waals surface area contributed by atoms with Crippen LogP contribution in [0.15, 0.2) is 21.3 Å². The minimum absolute atomic E-state index is 0.0353. The highest BCUT2D eigenvalue weighted by Crippen LogP contribution is 2.49. The molecule has 0 spiro atoms. The van der Waals surface area contributed by atoms with E-state index in [2.05, 4.69) is 22.6 Å². The Balaban J connectivity index is 3.11. The Morgan fingerprint density at radius 3 is 2.41 bits per heavy atom. The lowest BCUT2D eigenvalue weighted by Crippen LogP contribution is -2.34. The second-order valence-corrected chi connectivity index (χ2v) is 5.73. The molecule has 1 aliphatic carbocycles. The third-order valence-corrected chi connectivity index (χ3v) is 4.85. The molecular weight excluding hydrogens is 335 g/mol. The van der Waals surface area contributed by atoms with Crippen molar-refractivity contribution in [2.45, 2.75) is 26.7 Å². The van der Waals surface area contributed by atoms with Crippen LogP contribution in [0.3, 0.4) is 0 Å². The molecule has 0 aromatic carbocycles. The summed E-state index contributed by atoms with van der Waals surface area (Å²) in [7, 11) is 0. The van der Waals surface area contributed by atoms with E-state index in [1.807, 2.05) is 26.0 Å². The smallest absolute Gasteiger partial charge is 0.304 e. The quantitative estimate of drug-likeness (QED) is 0.765. The molecule has 0 aromatic rings. The van der Waals surface area contributed by atoms with Crippen LogP contribution in [-0.4, -0.2) is 22.2 Å². The fourth-order valence-corrected chi connectivity index (χ4v) is 3.01. The van der Waals surface area contributed by atoms with E-state index in [-0.39, 0.29) is 18.8 Å². The molecule has 5 heteroatoms. The van der Waals surface area contributed by atoms with Gasteiger partial charge in [-0.3, -0.25) is 9.59 Å². The van der Waals surface area contributed by atoms with Gasteiger partial charge in [0.2, 0.25) is 0 Å². The van der Waals surface area contributed by atoms with E-state index >= 15 is 0 Å². The van der Waals surface area contributed by atoms with Crippen LogP contribution in [0.2, 0.25) is 0 Å². The monoisotopic (exact) mass is 350 g/mol. The Morgan fingerprint density at radius 2 is 1.94 bits per heavy atom. The average molecular weight is 350 g/mol. The van der Waals surface area contributed by atoms with Crippen molar-refractivity contribution in [3.05, 3.63) is 21.3 Å². The summed E-state index contributed by atoms with van der Waals surface area (Å²) in [4.78, 5) is 21.9. The van der Waals surface area contributed by atoms with Gasteiger partial charge in [0, 0.05) is 11.3 Å². The summed E-state index contributed by atoms with van der Waals surface area (Å²) in [5, 5.41) is 17.9. The fourth-order valence-electron chi connectivity index (χ4n) is 2.26. The van der Waals surface area contributed by atoms with Crippen LogP contribution in [0, 0.1) is 11.3 Å². The fraction of sp³-hybridized carbons (Fsp3) is 0.500. The van der Waals surface area contributed by atoms with Gasteiger partial charge < -0.3 is 10.2 Å². The van der Waals surface area contributed by atoms with E-state index in [0.717, 1.165) is 9.15 Å². The summed E-state index contributed by atoms with van der Waals surface area (Å²) >= 11 is 2.10. The van der Waals surface area contributed by atoms with Crippen molar-refractivity contribution < 1.29 is 19.8 Å². The predicted octanol–water partition coefficient (Wildman–Crippen LogP) is 2.84. The maximum Gasteiger partial charge on any atom is 0.304 e. The summed E-state index contributed by atoms with van der Waals surface area (Å²) in [5.74, 6) is -2.06. The predicted molar refractivity (Wildman–Crippen MR) is 72.0 cm³/mol. The number of rotatable bonds is 4. The number of carboxylic acid groups (broad SMARTS) is 2. The Kier molecular flexibility index (Phi) is 4.35. The standard InChI is InChI=1S/C12H15IO4/c1-7-3-4-9(13)12(2,6-11(16)17)8(7)5-10(14)15/h3-4,8H,5-6H2,1-2H3,(H,14,15)(H,16,17). The molecule has 2 N–H and O–H groups in total. The number of carboxylic acids is 2. The molecule has 0 saturated carbocycles. The maximum atomic E-state index is 11.0. The van der Waals surface area contributed by atoms with Crippen molar-refractivity contribution in [3.8, 4) is 0 Å². The highest BCUT2D eigenvalue weighted by Gasteiger charge is 2.42. The normalized spacial score (nSPS) is 28.3. The zero-order chi connectivity index (χ0) is 13.2. The van der Waals surface area contributed by atoms with E-state index in [9.17, 15) is 9.59 Å². The zero-order valence-electron chi connectivity index (χ0n) is 9.74. The van der Waals surface area contributed by atoms with Crippen molar-refractivity contribution in [2.75, 3.05) is 0 Å². The van der Waals surface area contributed by atoms with Crippen LogP contribution in [-0.2, 0) is 9.59 Å². The Bertz CT molecular complexity index is 411. The van der Waals surface area contributed by atoms with E-state index in [0.29, 0.717) is 0 Å². The van der Waals surface area contributed by atoms with Crippen LogP contribution in [0.5, 0.6) is 0 Å². The van der Waals surface area contributed by atoms with Crippen molar-refractivity contribution in [3.63, 3.8) is 0 Å². The summed E-state index contributed by atoms with van der Waals surface area (Å²) in [6.07, 6.45) is 3.66. The largest absolute Gasteiger partial charge is 0.481 e. The number of hydrogen-bond acceptors (Lipinski definition) is 2. The first-order chi connectivity index (χ1) is 7.77. The summed E-state index contributed by atoms with van der Waals surface area (Å²) in [6.45, 7) is 3.68. The number of hydrogen-bond donors (Lipinski definition) is 2. The first-order valence-corrected chi connectivity index (χ1v) is 6.33. The van der Waals surface area contributed by atoms with Crippen LogP contribution < -0.4 is 0 Å². The Labute approximate surface area is 114 Å². The lowest BCUT2D eigenvalue weighted by atomic mass is 9.67. The molecule has 2 atom stereocenters. The van der Waals surface area contributed by atoms with Crippen molar-refractivity contribution in [2.24, 2.45) is 11.3 Å². The van der Waals surface area contributed by atoms with E-state index < -0.39 is 17.4 Å². The van der Waals surface area contributed by atoms with Crippen LogP contribution >= 0.6 is 22.6 Å². The molecule has 17 heavy (non-hydrogen) atoms. The molecule has 1 aliphatic rings. The molecule has 0 radical (unpaired) electrons. The highest BCUT2D eigenvalue weighted by atomic mass is 127. The maximum absolute atomic E-state index is 11.0. The first kappa shape index (κ1) is 14.2. The van der Waals surface area contributed by atoms with Gasteiger partial charge in [-0.05, 0) is 33.1 Å². The van der Waals surface area contributed by atoms with Crippen LogP contribution in [0.4, 0.5) is 0 Å². The Hall–Kier alpha value is -0.850. The molecule has 1 rings (SSSR count). The van der Waals surface area contributed by atoms with Gasteiger partial charge in [-0.1, -0.05) is 24.6 Å². The van der Waals surface area contributed by atoms with Gasteiger partial charge >= 0.3 is 11.9 Å². The molecule has 94 valence electrons. The lowest BCUT2D eigenvalue weighted by molar-refractivity contribution is -0.142. The van der Waals surface area contributed by atoms with Gasteiger partial charge in [0.1, 0.15) is 0 Å². The van der Waals surface area contributed by atoms with E-state index in [4.69, 9.17) is 10.2 Å². The molecule has 4 nitrogen and oxygen atoms in total. The van der Waals surface area contributed by atoms with Gasteiger partial charge in [0.15, 0.2) is 0 Å². The van der Waals surface area contributed by atoms with E-state index in [1.165, 1.54) is 0 Å². The average Bonchev–Trinajstić information content (AvgIpc) is 2.18. The molecule has 0 bridgehead atoms. The van der Waals surface area contributed by atoms with Gasteiger partial charge in [-0.15, -0.1) is 0 Å². The lowest BCUT2D eigenvalue weighted by Gasteiger charge is -2.39. The third kappa shape index (κ3) is 3.08. The molecule has 0 heterocycles. The van der Waals surface area contributed by atoms with E-state index in [1.54, 1.807) is 0 Å². The van der Waals surface area contributed by atoms with Gasteiger partial charge in [-0.25, -0.2) is 0 Å². The highest BCUT2D eigenvalue weighted by molar-refractivity contribution is 14.1. The topological polar surface area (TPSA) is 74.6 Å². The first-order valence-electron chi connectivity index (χ1n) is 5.25. The molecular formula is C12H15IO4. The minimum Gasteiger partial charge on any atom is -0.481 e. The van der Waals surface area contributed by atoms with Gasteiger partial charge in [0.25, 0.3) is 0 Å². The van der Waals surface area contributed by atoms with Crippen molar-refractivity contribution in [1.82, 2.24) is 0 Å². The third-order valence-electron chi connectivity index (χ3n) is 3.25. The molecule has 0 aromatic heterocycles. The Morgan fingerprint density at radius 1 is 1.35 bits per heavy atom. The number of aliphatic carboxylic acids is 2. The second-order valence-electron chi connectivity index (χ2n) is 4.56. The van der Waals surface area contributed by atoms with Crippen LogP contribution in [0.1, 0.15) is 26.7 Å². The molecule has 2 unspecified atom stereocenters. The SMILES string of the molecule is CC1=CC=C(I)C(C)(CC(=O)O)C1CC(=O)O. The molecule has 0 amide bonds. The second kappa shape index (κ2) is 5.20. The van der Waals surface area contributed by atoms with Crippen molar-refractivity contribution in [1.29, 1.82) is 0 Å². The van der Waals surface area contributed by atoms with Crippen LogP contribution in [0.25, 0.3) is 0 Å². The van der Waals surface area contributed by atoms with Gasteiger partial charge in [0.05, 0.1) is 12.8 Å².